The van der Waals surface area contributed by atoms with Crippen LogP contribution in [0.5, 0.6) is 0 Å². The van der Waals surface area contributed by atoms with Crippen LogP contribution in [-0.4, -0.2) is 9.97 Å². The highest BCUT2D eigenvalue weighted by atomic mass is 16.3. The van der Waals surface area contributed by atoms with Gasteiger partial charge in [0.1, 0.15) is 0 Å². The van der Waals surface area contributed by atoms with Crippen LogP contribution in [0.2, 0.25) is 0 Å². The first-order chi connectivity index (χ1) is 3.39. The molecule has 0 bridgehead atoms. The Bertz CT molecular complexity index is 175. The fourth-order valence-corrected chi connectivity index (χ4v) is 0.310. The molecule has 1 aromatic rings. The number of nitrogens with zero attached hydrogens (tertiary/aromatic N) is 1. The summed E-state index contributed by atoms with van der Waals surface area (Å²) >= 11 is 0. The zero-order valence-electron chi connectivity index (χ0n) is 3.59. The van der Waals surface area contributed by atoms with Crippen LogP contribution in [0.4, 0.5) is 0 Å². The monoisotopic (exact) mass is 98.0 g/mol. The first-order valence-electron chi connectivity index (χ1n) is 1.89. The quantitative estimate of drug-likeness (QED) is 0.487. The molecule has 1 aromatic heterocycles. The lowest BCUT2D eigenvalue weighted by Crippen LogP contribution is -2.05. The minimum atomic E-state index is -0.303. The van der Waals surface area contributed by atoms with Gasteiger partial charge < -0.3 is 4.98 Å². The molecule has 3 heteroatoms. The first kappa shape index (κ1) is 4.05. The molecule has 1 rings (SSSR count). The van der Waals surface area contributed by atoms with Gasteiger partial charge in [-0.25, -0.2) is 9.78 Å². The van der Waals surface area contributed by atoms with Gasteiger partial charge in [0.25, 0.3) is 0 Å². The number of aromatic amines is 1. The molecule has 0 fully saturated rings. The third-order valence-electron chi connectivity index (χ3n) is 0.581. The van der Waals surface area contributed by atoms with E-state index in [0.717, 1.165) is 0 Å². The van der Waals surface area contributed by atoms with E-state index in [4.69, 9.17) is 0 Å². The fraction of sp³-hybridized carbons (Fsp3) is 0. The molecule has 1 N–H and O–H groups in total. The average Bonchev–Trinajstić information content (AvgIpc) is 1.69. The molecular formula is C4H4N2O. The predicted molar refractivity (Wildman–Crippen MR) is 24.9 cm³/mol. The molecule has 0 aliphatic heterocycles. The minimum Gasteiger partial charge on any atom is -0.313 e. The number of H-pyrrole nitrogens is 1. The van der Waals surface area contributed by atoms with E-state index >= 15 is 0 Å². The molecular weight excluding hydrogens is 94.0 g/mol. The van der Waals surface area contributed by atoms with E-state index in [9.17, 15) is 4.79 Å². The van der Waals surface area contributed by atoms with Crippen LogP contribution in [0.25, 0.3) is 0 Å². The van der Waals surface area contributed by atoms with E-state index in [1.165, 1.54) is 12.4 Å². The Morgan fingerprint density at radius 2 is 2.57 bits per heavy atom. The van der Waals surface area contributed by atoms with Gasteiger partial charge in [0.2, 0.25) is 0 Å². The van der Waals surface area contributed by atoms with E-state index in [0.29, 0.717) is 0 Å². The summed E-state index contributed by atoms with van der Waals surface area (Å²) in [6.07, 6.45) is 2.98. The molecule has 1 heterocycles. The summed E-state index contributed by atoms with van der Waals surface area (Å²) in [7, 11) is 0. The van der Waals surface area contributed by atoms with Gasteiger partial charge in [-0.15, -0.1) is 0 Å². The Balaban J connectivity index is 3.28. The molecule has 0 unspecified atom stereocenters. The van der Waals surface area contributed by atoms with E-state index < -0.39 is 0 Å². The molecule has 0 saturated heterocycles. The molecule has 7 heavy (non-hydrogen) atoms. The highest BCUT2D eigenvalue weighted by Gasteiger charge is 1.70. The van der Waals surface area contributed by atoms with Gasteiger partial charge in [-0.2, -0.15) is 0 Å². The topological polar surface area (TPSA) is 45.8 Å². The third kappa shape index (κ3) is 0.855. The predicted octanol–water partition coefficient (Wildman–Crippen LogP) is -0.230. The summed E-state index contributed by atoms with van der Waals surface area (Å²) in [6, 6.07) is 1.65. The molecule has 0 aliphatic rings. The Labute approximate surface area is 40.0 Å². The maximum Gasteiger partial charge on any atom is 0.344 e. The summed E-state index contributed by atoms with van der Waals surface area (Å²) < 4.78 is 0. The summed E-state index contributed by atoms with van der Waals surface area (Å²) in [4.78, 5) is 15.8. The van der Waals surface area contributed by atoms with Crippen molar-refractivity contribution in [2.24, 2.45) is 0 Å². The van der Waals surface area contributed by atoms with Crippen LogP contribution in [0, 0.1) is 0 Å². The molecule has 36 valence electrons. The second kappa shape index (κ2) is 1.55. The van der Waals surface area contributed by atoms with Gasteiger partial charge in [-0.3, -0.25) is 0 Å². The molecule has 0 aromatic carbocycles. The SMILES string of the molecule is O=[14c]1nccc[nH]1. The second-order valence-corrected chi connectivity index (χ2v) is 1.09. The van der Waals surface area contributed by atoms with Crippen molar-refractivity contribution >= 4 is 0 Å². The number of nitrogens with one attached hydrogen (secondary N) is 1. The highest BCUT2D eigenvalue weighted by molar-refractivity contribution is 4.75. The Hall–Kier alpha value is -1.12. The number of hydrogen-bond donors (Lipinski definition) is 1. The van der Waals surface area contributed by atoms with Crippen LogP contribution in [0.15, 0.2) is 23.3 Å². The smallest absolute Gasteiger partial charge is 0.313 e. The number of hydrogen-bond acceptors (Lipinski definition) is 2. The van der Waals surface area contributed by atoms with Gasteiger partial charge in [0.05, 0.1) is 0 Å². The van der Waals surface area contributed by atoms with Gasteiger partial charge in [-0.05, 0) is 6.07 Å². The van der Waals surface area contributed by atoms with Crippen LogP contribution in [0.1, 0.15) is 0 Å². The molecule has 0 aliphatic carbocycles. The van der Waals surface area contributed by atoms with Crippen molar-refractivity contribution in [3.05, 3.63) is 28.9 Å². The van der Waals surface area contributed by atoms with Crippen LogP contribution in [-0.2, 0) is 0 Å². The van der Waals surface area contributed by atoms with Gasteiger partial charge in [-0.1, -0.05) is 0 Å². The largest absolute Gasteiger partial charge is 0.344 e. The average molecular weight is 98.1 g/mol. The van der Waals surface area contributed by atoms with E-state index in [1.807, 2.05) is 0 Å². The van der Waals surface area contributed by atoms with Gasteiger partial charge in [0, 0.05) is 12.4 Å². The first-order valence-corrected chi connectivity index (χ1v) is 1.89. The molecule has 0 atom stereocenters. The summed E-state index contributed by atoms with van der Waals surface area (Å²) in [6.45, 7) is 0. The normalized spacial score (nSPS) is 8.57. The van der Waals surface area contributed by atoms with Gasteiger partial charge >= 0.3 is 5.69 Å². The summed E-state index contributed by atoms with van der Waals surface area (Å²) in [5.74, 6) is 0. The highest BCUT2D eigenvalue weighted by Crippen LogP contribution is 1.60. The maximum atomic E-state index is 10.1. The summed E-state index contributed by atoms with van der Waals surface area (Å²) in [5.41, 5.74) is -0.303. The zero-order valence-corrected chi connectivity index (χ0v) is 3.59. The fourth-order valence-electron chi connectivity index (χ4n) is 0.310. The van der Waals surface area contributed by atoms with Crippen molar-refractivity contribution in [2.45, 2.75) is 0 Å². The van der Waals surface area contributed by atoms with Crippen molar-refractivity contribution in [3.8, 4) is 0 Å². The van der Waals surface area contributed by atoms with Crippen molar-refractivity contribution in [1.82, 2.24) is 9.97 Å². The van der Waals surface area contributed by atoms with Crippen LogP contribution < -0.4 is 5.69 Å². The van der Waals surface area contributed by atoms with Crippen molar-refractivity contribution in [2.75, 3.05) is 0 Å². The third-order valence-corrected chi connectivity index (χ3v) is 0.581. The Morgan fingerprint density at radius 3 is 2.86 bits per heavy atom. The lowest BCUT2D eigenvalue weighted by molar-refractivity contribution is 1.08. The van der Waals surface area contributed by atoms with E-state index in [2.05, 4.69) is 9.97 Å². The Morgan fingerprint density at radius 1 is 1.71 bits per heavy atom. The number of aromatic nitrogens is 2. The van der Waals surface area contributed by atoms with Crippen LogP contribution >= 0.6 is 0 Å². The molecule has 3 nitrogen and oxygen atoms in total. The van der Waals surface area contributed by atoms with Crippen molar-refractivity contribution in [3.63, 3.8) is 0 Å². The summed E-state index contributed by atoms with van der Waals surface area (Å²) in [5, 5.41) is 0. The van der Waals surface area contributed by atoms with E-state index in [1.54, 1.807) is 6.07 Å². The Kier molecular flexibility index (Phi) is 0.898. The van der Waals surface area contributed by atoms with Crippen LogP contribution in [0.3, 0.4) is 0 Å². The molecule has 0 spiro atoms. The lowest BCUT2D eigenvalue weighted by atomic mass is 10.7. The van der Waals surface area contributed by atoms with E-state index in [-0.39, 0.29) is 5.69 Å². The molecule has 0 amide bonds. The van der Waals surface area contributed by atoms with Crippen molar-refractivity contribution in [1.29, 1.82) is 0 Å². The second-order valence-electron chi connectivity index (χ2n) is 1.09. The zero-order chi connectivity index (χ0) is 5.11. The van der Waals surface area contributed by atoms with Gasteiger partial charge in [0.15, 0.2) is 0 Å². The molecule has 0 saturated carbocycles. The minimum absolute atomic E-state index is 0.303. The lowest BCUT2D eigenvalue weighted by Gasteiger charge is -1.72. The number of rotatable bonds is 0. The van der Waals surface area contributed by atoms with Crippen molar-refractivity contribution < 1.29 is 0 Å². The maximum absolute atomic E-state index is 10.1. The standard InChI is InChI=1S/C4H4N2O/c7-4-5-2-1-3-6-4/h1-3H,(H,5,6,7)/i4+2. The molecule has 0 radical (unpaired) electrons.